The predicted molar refractivity (Wildman–Crippen MR) is 136 cm³/mol. The maximum Gasteiger partial charge on any atom is 0.287 e. The number of methoxy groups -OCH3 is 1. The maximum absolute atomic E-state index is 13.0. The Hall–Kier alpha value is -3.43. The minimum Gasteiger partial charge on any atom is -0.453 e. The van der Waals surface area contributed by atoms with Gasteiger partial charge in [0, 0.05) is 50.9 Å². The number of amides is 1. The lowest BCUT2D eigenvalue weighted by Crippen LogP contribution is -2.32. The zero-order chi connectivity index (χ0) is 25.1. The summed E-state index contributed by atoms with van der Waals surface area (Å²) in [7, 11) is 1.60. The Kier molecular flexibility index (Phi) is 7.20. The molecule has 0 saturated carbocycles. The van der Waals surface area contributed by atoms with Gasteiger partial charge in [0.1, 0.15) is 18.2 Å². The number of H-pyrrole nitrogens is 1. The molecule has 1 amide bonds. The summed E-state index contributed by atoms with van der Waals surface area (Å²) in [5.41, 5.74) is 2.38. The molecule has 9 nitrogen and oxygen atoms in total. The molecule has 9 heteroatoms. The van der Waals surface area contributed by atoms with Crippen molar-refractivity contribution in [1.29, 1.82) is 0 Å². The molecule has 0 spiro atoms. The van der Waals surface area contributed by atoms with Crippen LogP contribution in [0.15, 0.2) is 46.9 Å². The third kappa shape index (κ3) is 5.37. The second-order valence-corrected chi connectivity index (χ2v) is 9.89. The van der Waals surface area contributed by atoms with Gasteiger partial charge in [-0.05, 0) is 42.0 Å². The number of rotatable bonds is 9. The summed E-state index contributed by atoms with van der Waals surface area (Å²) in [6, 6.07) is 13.8. The van der Waals surface area contributed by atoms with Crippen LogP contribution in [0.4, 0.5) is 0 Å². The smallest absolute Gasteiger partial charge is 0.287 e. The molecule has 2 N–H and O–H groups in total. The number of hydrogen-bond donors (Lipinski definition) is 2. The van der Waals surface area contributed by atoms with Crippen LogP contribution in [0.25, 0.3) is 10.9 Å². The summed E-state index contributed by atoms with van der Waals surface area (Å²) in [5.74, 6) is 2.78. The number of aromatic nitrogens is 4. The standard InChI is InChI=1S/C27H34N6O3/c1-18(2)14-23(29-27(34)24-9-8-21(36-24)17-35-3)26-31-30-25-10-11-32(12-13-33(25)26)16-20-15-19-6-4-5-7-22(19)28-20/h4-9,15,18,23,28H,10-14,16-17H2,1-3H3,(H,29,34). The molecule has 190 valence electrons. The first kappa shape index (κ1) is 24.3. The number of aromatic amines is 1. The molecule has 0 aliphatic carbocycles. The molecule has 1 atom stereocenters. The van der Waals surface area contributed by atoms with Gasteiger partial charge in [-0.2, -0.15) is 0 Å². The highest BCUT2D eigenvalue weighted by Gasteiger charge is 2.27. The van der Waals surface area contributed by atoms with E-state index in [1.165, 1.54) is 16.6 Å². The average Bonchev–Trinajstić information content (AvgIpc) is 3.55. The lowest BCUT2D eigenvalue weighted by atomic mass is 10.0. The van der Waals surface area contributed by atoms with Gasteiger partial charge < -0.3 is 24.0 Å². The number of carbonyl (C=O) groups excluding carboxylic acids is 1. The van der Waals surface area contributed by atoms with Crippen molar-refractivity contribution in [2.24, 2.45) is 5.92 Å². The Morgan fingerprint density at radius 3 is 2.83 bits per heavy atom. The van der Waals surface area contributed by atoms with E-state index >= 15 is 0 Å². The fourth-order valence-corrected chi connectivity index (χ4v) is 4.91. The van der Waals surface area contributed by atoms with Gasteiger partial charge in [0.25, 0.3) is 5.91 Å². The number of nitrogens with zero attached hydrogens (tertiary/aromatic N) is 4. The second kappa shape index (κ2) is 10.7. The molecular formula is C27H34N6O3. The van der Waals surface area contributed by atoms with Crippen LogP contribution < -0.4 is 5.32 Å². The Labute approximate surface area is 210 Å². The first-order valence-electron chi connectivity index (χ1n) is 12.6. The second-order valence-electron chi connectivity index (χ2n) is 9.89. The molecule has 5 rings (SSSR count). The number of nitrogens with one attached hydrogen (secondary N) is 2. The van der Waals surface area contributed by atoms with Crippen molar-refractivity contribution in [2.45, 2.75) is 52.4 Å². The number of ether oxygens (including phenoxy) is 1. The summed E-state index contributed by atoms with van der Waals surface area (Å²) in [4.78, 5) is 19.0. The van der Waals surface area contributed by atoms with Gasteiger partial charge in [0.05, 0.1) is 6.04 Å². The van der Waals surface area contributed by atoms with E-state index < -0.39 is 0 Å². The Morgan fingerprint density at radius 1 is 1.17 bits per heavy atom. The molecule has 3 aromatic heterocycles. The fourth-order valence-electron chi connectivity index (χ4n) is 4.91. The molecule has 0 saturated heterocycles. The van der Waals surface area contributed by atoms with Crippen molar-refractivity contribution in [3.63, 3.8) is 0 Å². The minimum absolute atomic E-state index is 0.255. The average molecular weight is 491 g/mol. The molecule has 0 radical (unpaired) electrons. The van der Waals surface area contributed by atoms with Gasteiger partial charge in [-0.15, -0.1) is 10.2 Å². The lowest BCUT2D eigenvalue weighted by molar-refractivity contribution is 0.0892. The summed E-state index contributed by atoms with van der Waals surface area (Å²) < 4.78 is 12.9. The summed E-state index contributed by atoms with van der Waals surface area (Å²) in [6.07, 6.45) is 1.57. The molecule has 1 unspecified atom stereocenters. The SMILES string of the molecule is COCc1ccc(C(=O)NC(CC(C)C)c2nnc3n2CCN(Cc2cc4ccccc4[nH]2)CC3)o1. The van der Waals surface area contributed by atoms with E-state index in [1.54, 1.807) is 19.2 Å². The van der Waals surface area contributed by atoms with Crippen molar-refractivity contribution in [3.8, 4) is 0 Å². The zero-order valence-electron chi connectivity index (χ0n) is 21.2. The van der Waals surface area contributed by atoms with E-state index in [-0.39, 0.29) is 17.7 Å². The molecule has 36 heavy (non-hydrogen) atoms. The van der Waals surface area contributed by atoms with Gasteiger partial charge in [0.2, 0.25) is 0 Å². The summed E-state index contributed by atoms with van der Waals surface area (Å²) >= 11 is 0. The quantitative estimate of drug-likeness (QED) is 0.367. The zero-order valence-corrected chi connectivity index (χ0v) is 21.2. The molecule has 4 aromatic rings. The largest absolute Gasteiger partial charge is 0.453 e. The van der Waals surface area contributed by atoms with Gasteiger partial charge in [0.15, 0.2) is 11.6 Å². The van der Waals surface area contributed by atoms with Crippen LogP contribution in [0.5, 0.6) is 0 Å². The molecule has 0 fully saturated rings. The minimum atomic E-state index is -0.255. The van der Waals surface area contributed by atoms with Crippen LogP contribution in [0.1, 0.15) is 60.0 Å². The lowest BCUT2D eigenvalue weighted by Gasteiger charge is -2.22. The highest BCUT2D eigenvalue weighted by atomic mass is 16.5. The van der Waals surface area contributed by atoms with Gasteiger partial charge in [-0.25, -0.2) is 0 Å². The number of fused-ring (bicyclic) bond motifs is 2. The number of carbonyl (C=O) groups is 1. The van der Waals surface area contributed by atoms with Crippen molar-refractivity contribution in [2.75, 3.05) is 20.2 Å². The van der Waals surface area contributed by atoms with E-state index in [2.05, 4.69) is 74.1 Å². The molecule has 0 bridgehead atoms. The summed E-state index contributed by atoms with van der Waals surface area (Å²) in [6.45, 7) is 8.04. The van der Waals surface area contributed by atoms with E-state index in [9.17, 15) is 4.79 Å². The van der Waals surface area contributed by atoms with Gasteiger partial charge >= 0.3 is 0 Å². The normalized spacial score (nSPS) is 15.2. The van der Waals surface area contributed by atoms with Gasteiger partial charge in [-0.3, -0.25) is 9.69 Å². The van der Waals surface area contributed by atoms with E-state index in [1.807, 2.05) is 0 Å². The molecule has 4 heterocycles. The number of benzene rings is 1. The van der Waals surface area contributed by atoms with Crippen LogP contribution in [0.3, 0.4) is 0 Å². The Balaban J connectivity index is 1.29. The molecule has 1 aliphatic rings. The third-order valence-electron chi connectivity index (χ3n) is 6.62. The van der Waals surface area contributed by atoms with Crippen LogP contribution >= 0.6 is 0 Å². The van der Waals surface area contributed by atoms with Crippen molar-refractivity contribution < 1.29 is 13.9 Å². The monoisotopic (exact) mass is 490 g/mol. The van der Waals surface area contributed by atoms with E-state index in [0.29, 0.717) is 18.3 Å². The fraction of sp³-hybridized carbons (Fsp3) is 0.444. The van der Waals surface area contributed by atoms with Crippen molar-refractivity contribution in [3.05, 3.63) is 71.3 Å². The van der Waals surface area contributed by atoms with Crippen LogP contribution in [-0.4, -0.2) is 50.8 Å². The van der Waals surface area contributed by atoms with Crippen LogP contribution in [0.2, 0.25) is 0 Å². The van der Waals surface area contributed by atoms with E-state index in [4.69, 9.17) is 9.15 Å². The first-order valence-corrected chi connectivity index (χ1v) is 12.6. The number of para-hydroxylation sites is 1. The number of hydrogen-bond acceptors (Lipinski definition) is 6. The van der Waals surface area contributed by atoms with Crippen molar-refractivity contribution >= 4 is 16.8 Å². The van der Waals surface area contributed by atoms with Crippen LogP contribution in [-0.2, 0) is 30.9 Å². The van der Waals surface area contributed by atoms with Crippen LogP contribution in [0, 0.1) is 5.92 Å². The summed E-state index contributed by atoms with van der Waals surface area (Å²) in [5, 5.41) is 13.4. The number of furan rings is 1. The Morgan fingerprint density at radius 2 is 2.03 bits per heavy atom. The molecule has 1 aliphatic heterocycles. The Bertz CT molecular complexity index is 1290. The van der Waals surface area contributed by atoms with E-state index in [0.717, 1.165) is 50.7 Å². The van der Waals surface area contributed by atoms with Gasteiger partial charge in [-0.1, -0.05) is 32.0 Å². The molecular weight excluding hydrogens is 456 g/mol. The highest BCUT2D eigenvalue weighted by molar-refractivity contribution is 5.91. The maximum atomic E-state index is 13.0. The molecule has 1 aromatic carbocycles. The third-order valence-corrected chi connectivity index (χ3v) is 6.62. The van der Waals surface area contributed by atoms with Crippen molar-refractivity contribution in [1.82, 2.24) is 30.0 Å². The first-order chi connectivity index (χ1) is 17.5. The predicted octanol–water partition coefficient (Wildman–Crippen LogP) is 4.07. The highest BCUT2D eigenvalue weighted by Crippen LogP contribution is 2.24. The topological polar surface area (TPSA) is 101 Å².